The van der Waals surface area contributed by atoms with Crippen molar-refractivity contribution in [1.29, 1.82) is 0 Å². The molecule has 0 bridgehead atoms. The van der Waals surface area contributed by atoms with Crippen molar-refractivity contribution in [1.82, 2.24) is 20.1 Å². The minimum atomic E-state index is -1.43. The Morgan fingerprint density at radius 1 is 1.04 bits per heavy atom. The number of halogens is 1. The molecule has 3 amide bonds. The molecule has 0 radical (unpaired) electrons. The van der Waals surface area contributed by atoms with E-state index in [0.29, 0.717) is 4.57 Å². The minimum Gasteiger partial charge on any atom is -0.508 e. The highest BCUT2D eigenvalue weighted by molar-refractivity contribution is 8.01. The number of rotatable bonds is 8. The zero-order valence-corrected chi connectivity index (χ0v) is 28.3. The molecule has 4 N–H and O–H groups in total. The summed E-state index contributed by atoms with van der Waals surface area (Å²) in [5.74, 6) is -5.05. The second-order valence-electron chi connectivity index (χ2n) is 11.9. The number of methoxy groups -OCH3 is 1. The molecule has 1 aromatic heterocycles. The number of aliphatic carboxylic acids is 1. The monoisotopic (exact) mass is 738 g/mol. The van der Waals surface area contributed by atoms with Crippen molar-refractivity contribution in [2.75, 3.05) is 7.11 Å². The Bertz CT molecular complexity index is 2250. The fourth-order valence-corrected chi connectivity index (χ4v) is 7.76. The van der Waals surface area contributed by atoms with Gasteiger partial charge >= 0.3 is 17.9 Å². The van der Waals surface area contributed by atoms with Crippen LogP contribution in [0.3, 0.4) is 0 Å². The van der Waals surface area contributed by atoms with Gasteiger partial charge in [0.1, 0.15) is 29.2 Å². The molecule has 2 fully saturated rings. The van der Waals surface area contributed by atoms with E-state index >= 15 is 0 Å². The predicted molar refractivity (Wildman–Crippen MR) is 180 cm³/mol. The molecular weight excluding hydrogens is 712 g/mol. The van der Waals surface area contributed by atoms with Crippen LogP contribution in [-0.4, -0.2) is 78.8 Å². The Hall–Kier alpha value is -5.81. The van der Waals surface area contributed by atoms with Gasteiger partial charge in [-0.2, -0.15) is 0 Å². The van der Waals surface area contributed by atoms with Gasteiger partial charge in [-0.3, -0.25) is 19.2 Å². The number of phenolic OH excluding ortho intramolecular Hbond substituents is 1. The first-order valence-corrected chi connectivity index (χ1v) is 16.3. The maximum atomic E-state index is 13.7. The number of β-lactam (4-membered cyclic amide) rings is 1. The number of benzene rings is 3. The number of carboxylic acid groups (broad SMARTS) is 1. The van der Waals surface area contributed by atoms with Gasteiger partial charge in [0, 0.05) is 10.3 Å². The van der Waals surface area contributed by atoms with E-state index in [1.165, 1.54) is 71.3 Å². The number of carboxylic acids is 1. The Kier molecular flexibility index (Phi) is 9.03. The Morgan fingerprint density at radius 2 is 1.75 bits per heavy atom. The van der Waals surface area contributed by atoms with Crippen molar-refractivity contribution < 1.29 is 48.1 Å². The molecule has 4 aromatic rings. The first-order chi connectivity index (χ1) is 24.1. The zero-order chi connectivity index (χ0) is 36.9. The molecule has 0 aliphatic carbocycles. The van der Waals surface area contributed by atoms with Gasteiger partial charge in [0.15, 0.2) is 11.3 Å². The highest BCUT2D eigenvalue weighted by atomic mass is 35.5. The van der Waals surface area contributed by atoms with Crippen molar-refractivity contribution in [2.24, 2.45) is 0 Å². The quantitative estimate of drug-likeness (QED) is 0.116. The van der Waals surface area contributed by atoms with Crippen LogP contribution in [0.5, 0.6) is 11.5 Å². The summed E-state index contributed by atoms with van der Waals surface area (Å²) in [5, 5.41) is 23.8. The topological polar surface area (TPSA) is 224 Å². The first-order valence-electron chi connectivity index (χ1n) is 15.0. The molecule has 3 heterocycles. The van der Waals surface area contributed by atoms with Crippen LogP contribution in [0, 0.1) is 0 Å². The van der Waals surface area contributed by atoms with Gasteiger partial charge in [0.25, 0.3) is 11.5 Å². The van der Waals surface area contributed by atoms with E-state index in [9.17, 15) is 43.8 Å². The molecule has 51 heavy (non-hydrogen) atoms. The number of thioether (sulfide) groups is 1. The highest BCUT2D eigenvalue weighted by Gasteiger charge is 2.64. The smallest absolute Gasteiger partial charge is 0.508 e. The number of ether oxygens (including phenoxy) is 2. The van der Waals surface area contributed by atoms with Gasteiger partial charge < -0.3 is 39.6 Å². The number of aromatic hydroxyl groups is 1. The number of hydrogen-bond acceptors (Lipinski definition) is 12. The molecule has 2 unspecified atom stereocenters. The predicted octanol–water partition coefficient (Wildman–Crippen LogP) is 2.55. The average Bonchev–Trinajstić information content (AvgIpc) is 3.35. The Balaban J connectivity index is 1.30. The molecule has 2 saturated heterocycles. The van der Waals surface area contributed by atoms with E-state index in [-0.39, 0.29) is 44.3 Å². The van der Waals surface area contributed by atoms with Gasteiger partial charge in [-0.25, -0.2) is 19.0 Å². The summed E-state index contributed by atoms with van der Waals surface area (Å²) in [6.45, 7) is 3.38. The summed E-state index contributed by atoms with van der Waals surface area (Å²) in [7, 11) is 1.07. The third-order valence-electron chi connectivity index (χ3n) is 8.33. The number of aromatic nitrogens is 1. The number of para-hydroxylation sites is 1. The molecule has 0 spiro atoms. The van der Waals surface area contributed by atoms with Crippen LogP contribution in [0.4, 0.5) is 4.79 Å². The Labute approximate surface area is 295 Å². The lowest BCUT2D eigenvalue weighted by molar-refractivity contribution is -0.161. The van der Waals surface area contributed by atoms with E-state index in [0.717, 1.165) is 13.2 Å². The molecule has 2 aliphatic heterocycles. The summed E-state index contributed by atoms with van der Waals surface area (Å²) in [6, 6.07) is 9.33. The molecule has 18 heteroatoms. The lowest BCUT2D eigenvalue weighted by Crippen LogP contribution is -2.71. The lowest BCUT2D eigenvalue weighted by atomic mass is 9.95. The highest BCUT2D eigenvalue weighted by Crippen LogP contribution is 2.50. The third kappa shape index (κ3) is 6.25. The number of nitrogens with one attached hydrogen (secondary N) is 2. The molecule has 264 valence electrons. The number of carbonyl (C=O) groups excluding carboxylic acids is 4. The van der Waals surface area contributed by atoms with E-state index in [1.54, 1.807) is 13.8 Å². The molecule has 4 atom stereocenters. The first kappa shape index (κ1) is 35.0. The number of amides is 3. The second kappa shape index (κ2) is 13.1. The van der Waals surface area contributed by atoms with Gasteiger partial charge in [0.05, 0.1) is 23.2 Å². The summed E-state index contributed by atoms with van der Waals surface area (Å²) < 4.78 is 14.5. The fraction of sp³-hybridized carbons (Fsp3) is 0.242. The SMILES string of the molecule is COC(=O)Oc1cccc2c(=O)n(-c3cc(C(=O)N[C@@H](C(=O)N[C@@H]4C(=O)N5C4SC(C)(C)C5C(=O)O)c4ccc(O)cc4)ccc3Cl)c(=O)oc12. The van der Waals surface area contributed by atoms with Gasteiger partial charge in [-0.1, -0.05) is 29.8 Å². The van der Waals surface area contributed by atoms with Crippen LogP contribution in [0.2, 0.25) is 5.02 Å². The van der Waals surface area contributed by atoms with E-state index in [4.69, 9.17) is 20.8 Å². The average molecular weight is 739 g/mol. The van der Waals surface area contributed by atoms with Crippen molar-refractivity contribution in [3.05, 3.63) is 97.7 Å². The van der Waals surface area contributed by atoms with E-state index in [1.807, 2.05) is 0 Å². The van der Waals surface area contributed by atoms with Crippen LogP contribution in [0.1, 0.15) is 35.8 Å². The van der Waals surface area contributed by atoms with Crippen molar-refractivity contribution in [2.45, 2.75) is 42.1 Å². The van der Waals surface area contributed by atoms with E-state index < -0.39 is 69.4 Å². The second-order valence-corrected chi connectivity index (χ2v) is 14.1. The van der Waals surface area contributed by atoms with Crippen molar-refractivity contribution in [3.8, 4) is 17.2 Å². The van der Waals surface area contributed by atoms with Crippen LogP contribution in [0.15, 0.2) is 74.7 Å². The molecular formula is C33H27ClN4O12S. The number of carbonyl (C=O) groups is 5. The fourth-order valence-electron chi connectivity index (χ4n) is 5.93. The number of phenols is 1. The summed E-state index contributed by atoms with van der Waals surface area (Å²) in [4.78, 5) is 92.0. The number of fused-ring (bicyclic) bond motifs is 2. The molecule has 16 nitrogen and oxygen atoms in total. The summed E-state index contributed by atoms with van der Waals surface area (Å²) in [5.41, 5.74) is -1.44. The third-order valence-corrected chi connectivity index (χ3v) is 10.2. The van der Waals surface area contributed by atoms with Crippen LogP contribution in [-0.2, 0) is 19.1 Å². The zero-order valence-electron chi connectivity index (χ0n) is 26.7. The van der Waals surface area contributed by atoms with Crippen LogP contribution >= 0.6 is 23.4 Å². The maximum Gasteiger partial charge on any atom is 0.513 e. The maximum absolute atomic E-state index is 13.7. The number of nitrogens with zero attached hydrogens (tertiary/aromatic N) is 2. The summed E-state index contributed by atoms with van der Waals surface area (Å²) >= 11 is 7.61. The van der Waals surface area contributed by atoms with Gasteiger partial charge in [-0.15, -0.1) is 11.8 Å². The van der Waals surface area contributed by atoms with Crippen LogP contribution in [0.25, 0.3) is 16.7 Å². The molecule has 0 saturated carbocycles. The molecule has 6 rings (SSSR count). The minimum absolute atomic E-state index is 0.121. The Morgan fingerprint density at radius 3 is 2.41 bits per heavy atom. The lowest BCUT2D eigenvalue weighted by Gasteiger charge is -2.44. The largest absolute Gasteiger partial charge is 0.513 e. The number of hydrogen-bond donors (Lipinski definition) is 4. The molecule has 2 aliphatic rings. The summed E-state index contributed by atoms with van der Waals surface area (Å²) in [6.07, 6.45) is -1.12. The standard InChI is InChI=1S/C33H27ClN4O12S/c1-33(2)24(30(44)45)38-28(43)22(29(38)51-33)36-26(41)21(14-7-10-16(39)11-8-14)35-25(40)15-9-12-18(34)19(13-15)37-27(42)17-5-4-6-20(49-32(47)48-3)23(17)50-31(37)46/h4-13,21-22,24,29,39H,1-3H3,(H,35,40)(H,36,41)(H,44,45)/t21-,22-,24?,29?/m1/s1. The van der Waals surface area contributed by atoms with Crippen LogP contribution < -0.4 is 26.7 Å². The van der Waals surface area contributed by atoms with Crippen molar-refractivity contribution >= 4 is 64.2 Å². The van der Waals surface area contributed by atoms with Crippen molar-refractivity contribution in [3.63, 3.8) is 0 Å². The van der Waals surface area contributed by atoms with Gasteiger partial charge in [-0.05, 0) is 61.9 Å². The molecule has 3 aromatic carbocycles. The van der Waals surface area contributed by atoms with E-state index in [2.05, 4.69) is 15.4 Å². The van der Waals surface area contributed by atoms with Gasteiger partial charge in [0.2, 0.25) is 11.8 Å². The normalized spacial score (nSPS) is 19.4.